The number of carbonyl (C=O) groups is 1. The molecule has 7 heteroatoms. The number of nitrogens with zero attached hydrogens (tertiary/aromatic N) is 1. The lowest BCUT2D eigenvalue weighted by Crippen LogP contribution is -2.16. The Morgan fingerprint density at radius 1 is 1.25 bits per heavy atom. The Morgan fingerprint density at radius 2 is 2.18 bits per heavy atom. The number of aromatic nitrogens is 1. The van der Waals surface area contributed by atoms with Crippen molar-refractivity contribution in [3.05, 3.63) is 87.4 Å². The van der Waals surface area contributed by atoms with Crippen LogP contribution in [0, 0.1) is 0 Å². The summed E-state index contributed by atoms with van der Waals surface area (Å²) in [7, 11) is 0. The van der Waals surface area contributed by atoms with E-state index in [1.165, 1.54) is 11.1 Å². The summed E-state index contributed by atoms with van der Waals surface area (Å²) in [6.45, 7) is 2.11. The summed E-state index contributed by atoms with van der Waals surface area (Å²) >= 11 is 3.23. The second kappa shape index (κ2) is 8.41. The Morgan fingerprint density at radius 3 is 2.86 bits per heavy atom. The molecule has 4 aromatic heterocycles. The molecule has 0 bridgehead atoms. The molecule has 2 N–H and O–H groups in total. The number of hydrogen-bond donors (Lipinski definition) is 2. The first-order valence-electron chi connectivity index (χ1n) is 8.91. The fraction of sp³-hybridized carbons (Fsp3) is 0.143. The number of hydrogen-bond acceptors (Lipinski definition) is 6. The summed E-state index contributed by atoms with van der Waals surface area (Å²) in [6.07, 6.45) is 4.16. The summed E-state index contributed by atoms with van der Waals surface area (Å²) in [5.41, 5.74) is 2.15. The van der Waals surface area contributed by atoms with Crippen molar-refractivity contribution in [1.29, 1.82) is 0 Å². The van der Waals surface area contributed by atoms with Gasteiger partial charge in [-0.25, -0.2) is 4.98 Å². The normalized spacial score (nSPS) is 11.9. The van der Waals surface area contributed by atoms with Crippen LogP contribution in [0.4, 0.5) is 10.8 Å². The van der Waals surface area contributed by atoms with Gasteiger partial charge in [-0.2, -0.15) is 11.3 Å². The van der Waals surface area contributed by atoms with Crippen LogP contribution in [0.1, 0.15) is 39.5 Å². The number of amides is 1. The molecule has 0 aliphatic carbocycles. The highest BCUT2D eigenvalue weighted by Gasteiger charge is 2.23. The van der Waals surface area contributed by atoms with E-state index in [0.29, 0.717) is 5.76 Å². The van der Waals surface area contributed by atoms with Crippen molar-refractivity contribution in [3.63, 3.8) is 0 Å². The molecule has 0 aliphatic rings. The predicted octanol–water partition coefficient (Wildman–Crippen LogP) is 5.81. The van der Waals surface area contributed by atoms with Crippen molar-refractivity contribution in [2.75, 3.05) is 10.6 Å². The van der Waals surface area contributed by atoms with Gasteiger partial charge in [0.05, 0.1) is 12.3 Å². The van der Waals surface area contributed by atoms with E-state index in [1.54, 1.807) is 41.0 Å². The minimum atomic E-state index is -0.252. The molecule has 4 aromatic rings. The third-order valence-corrected chi connectivity index (χ3v) is 6.19. The Kier molecular flexibility index (Phi) is 5.55. The second-order valence-corrected chi connectivity index (χ2v) is 8.05. The van der Waals surface area contributed by atoms with Gasteiger partial charge in [0.1, 0.15) is 10.8 Å². The van der Waals surface area contributed by atoms with Crippen LogP contribution in [0.5, 0.6) is 0 Å². The third-order valence-electron chi connectivity index (χ3n) is 4.28. The molecular weight excluding hydrogens is 390 g/mol. The van der Waals surface area contributed by atoms with E-state index < -0.39 is 0 Å². The summed E-state index contributed by atoms with van der Waals surface area (Å²) in [5.74, 6) is 0.825. The molecule has 5 nitrogen and oxygen atoms in total. The second-order valence-electron chi connectivity index (χ2n) is 6.13. The first-order chi connectivity index (χ1) is 13.7. The fourth-order valence-electron chi connectivity index (χ4n) is 2.89. The minimum absolute atomic E-state index is 0.121. The van der Waals surface area contributed by atoms with Crippen LogP contribution in [-0.2, 0) is 6.42 Å². The quantitative estimate of drug-likeness (QED) is 0.404. The lowest BCUT2D eigenvalue weighted by atomic mass is 10.0. The summed E-state index contributed by atoms with van der Waals surface area (Å²) < 4.78 is 5.24. The number of furan rings is 1. The zero-order chi connectivity index (χ0) is 19.3. The Labute approximate surface area is 171 Å². The molecule has 0 fully saturated rings. The molecule has 4 heterocycles. The maximum atomic E-state index is 12.6. The largest absolute Gasteiger partial charge is 0.459 e. The summed E-state index contributed by atoms with van der Waals surface area (Å²) in [6, 6.07) is 13.3. The number of rotatable bonds is 7. The SMILES string of the molecule is CCc1cc([C@H](Nc2ccccn2)c2ccsc2)c(NC(=O)c2ccco2)s1. The van der Waals surface area contributed by atoms with Gasteiger partial charge >= 0.3 is 0 Å². The number of aryl methyl sites for hydroxylation is 1. The molecule has 0 unspecified atom stereocenters. The van der Waals surface area contributed by atoms with Gasteiger partial charge in [0.2, 0.25) is 0 Å². The molecule has 142 valence electrons. The van der Waals surface area contributed by atoms with E-state index in [4.69, 9.17) is 4.42 Å². The van der Waals surface area contributed by atoms with Crippen molar-refractivity contribution >= 4 is 39.4 Å². The highest BCUT2D eigenvalue weighted by atomic mass is 32.1. The Hall–Kier alpha value is -2.90. The average Bonchev–Trinajstić information content (AvgIpc) is 3.48. The third kappa shape index (κ3) is 4.00. The molecule has 0 saturated heterocycles. The lowest BCUT2D eigenvalue weighted by molar-refractivity contribution is 0.0997. The highest BCUT2D eigenvalue weighted by Crippen LogP contribution is 2.38. The van der Waals surface area contributed by atoms with Crippen LogP contribution in [-0.4, -0.2) is 10.9 Å². The number of carbonyl (C=O) groups excluding carboxylic acids is 1. The van der Waals surface area contributed by atoms with Crippen LogP contribution < -0.4 is 10.6 Å². The molecule has 0 spiro atoms. The predicted molar refractivity (Wildman–Crippen MR) is 114 cm³/mol. The van der Waals surface area contributed by atoms with Crippen LogP contribution in [0.15, 0.2) is 70.1 Å². The molecule has 0 radical (unpaired) electrons. The van der Waals surface area contributed by atoms with Gasteiger partial charge in [-0.05, 0) is 59.1 Å². The zero-order valence-corrected chi connectivity index (χ0v) is 16.8. The van der Waals surface area contributed by atoms with Crippen molar-refractivity contribution in [2.45, 2.75) is 19.4 Å². The van der Waals surface area contributed by atoms with E-state index in [0.717, 1.165) is 28.4 Å². The molecule has 0 aromatic carbocycles. The molecular formula is C21H19N3O2S2. The molecule has 1 amide bonds. The van der Waals surface area contributed by atoms with Crippen molar-refractivity contribution < 1.29 is 9.21 Å². The average molecular weight is 410 g/mol. The van der Waals surface area contributed by atoms with Crippen molar-refractivity contribution in [3.8, 4) is 0 Å². The summed E-state index contributed by atoms with van der Waals surface area (Å²) in [5, 5.41) is 11.5. The Balaban J connectivity index is 1.71. The van der Waals surface area contributed by atoms with Crippen LogP contribution in [0.3, 0.4) is 0 Å². The van der Waals surface area contributed by atoms with Crippen molar-refractivity contribution in [2.24, 2.45) is 0 Å². The number of anilines is 2. The number of pyridine rings is 1. The van der Waals surface area contributed by atoms with E-state index in [9.17, 15) is 4.79 Å². The molecule has 0 saturated carbocycles. The molecule has 4 rings (SSSR count). The van der Waals surface area contributed by atoms with Gasteiger partial charge in [0.15, 0.2) is 5.76 Å². The lowest BCUT2D eigenvalue weighted by Gasteiger charge is -2.19. The monoisotopic (exact) mass is 409 g/mol. The first kappa shape index (κ1) is 18.5. The number of thiophene rings is 2. The molecule has 0 aliphatic heterocycles. The topological polar surface area (TPSA) is 67.2 Å². The fourth-order valence-corrected chi connectivity index (χ4v) is 4.61. The van der Waals surface area contributed by atoms with E-state index >= 15 is 0 Å². The smallest absolute Gasteiger partial charge is 0.291 e. The minimum Gasteiger partial charge on any atom is -0.459 e. The highest BCUT2D eigenvalue weighted by molar-refractivity contribution is 7.16. The van der Waals surface area contributed by atoms with E-state index in [-0.39, 0.29) is 11.9 Å². The standard InChI is InChI=1S/C21H19N3O2S2/c1-2-15-12-16(21(28-15)24-20(25)17-6-5-10-26-17)19(14-8-11-27-13-14)23-18-7-3-4-9-22-18/h3-13,19H,2H2,1H3,(H,22,23)(H,24,25)/t19-/m1/s1. The maximum absolute atomic E-state index is 12.6. The van der Waals surface area contributed by atoms with Gasteiger partial charge in [-0.3, -0.25) is 4.79 Å². The first-order valence-corrected chi connectivity index (χ1v) is 10.7. The number of nitrogens with one attached hydrogen (secondary N) is 2. The molecule has 28 heavy (non-hydrogen) atoms. The molecule has 1 atom stereocenters. The van der Waals surface area contributed by atoms with Gasteiger partial charge in [0.25, 0.3) is 5.91 Å². The Bertz CT molecular complexity index is 1030. The van der Waals surface area contributed by atoms with Gasteiger partial charge in [-0.15, -0.1) is 11.3 Å². The van der Waals surface area contributed by atoms with Crippen molar-refractivity contribution in [1.82, 2.24) is 4.98 Å². The van der Waals surface area contributed by atoms with Gasteiger partial charge in [0, 0.05) is 16.6 Å². The van der Waals surface area contributed by atoms with Crippen LogP contribution in [0.2, 0.25) is 0 Å². The van der Waals surface area contributed by atoms with Gasteiger partial charge in [-0.1, -0.05) is 13.0 Å². The van der Waals surface area contributed by atoms with Crippen LogP contribution >= 0.6 is 22.7 Å². The maximum Gasteiger partial charge on any atom is 0.291 e. The van der Waals surface area contributed by atoms with Gasteiger partial charge < -0.3 is 15.1 Å². The van der Waals surface area contributed by atoms with Crippen LogP contribution in [0.25, 0.3) is 0 Å². The van der Waals surface area contributed by atoms with E-state index in [2.05, 4.69) is 45.4 Å². The van der Waals surface area contributed by atoms with E-state index in [1.807, 2.05) is 18.2 Å². The summed E-state index contributed by atoms with van der Waals surface area (Å²) in [4.78, 5) is 18.2. The zero-order valence-electron chi connectivity index (χ0n) is 15.2.